The molecular formula is C10H15FN2O2. The largest absolute Gasteiger partial charge is 0.399 e. The van der Waals surface area contributed by atoms with Crippen molar-refractivity contribution in [1.29, 1.82) is 0 Å². The van der Waals surface area contributed by atoms with Crippen molar-refractivity contribution in [3.8, 4) is 0 Å². The second kappa shape index (κ2) is 4.26. The molecule has 2 bridgehead atoms. The van der Waals surface area contributed by atoms with Crippen LogP contribution in [0, 0.1) is 11.8 Å². The molecule has 0 aromatic heterocycles. The van der Waals surface area contributed by atoms with Gasteiger partial charge >= 0.3 is 6.04 Å². The van der Waals surface area contributed by atoms with E-state index in [0.29, 0.717) is 5.92 Å². The Morgan fingerprint density at radius 3 is 2.53 bits per heavy atom. The molecule has 84 valence electrons. The molecule has 3 aliphatic heterocycles. The van der Waals surface area contributed by atoms with E-state index in [2.05, 4.69) is 14.9 Å². The number of rotatable bonds is 3. The van der Waals surface area contributed by atoms with Gasteiger partial charge in [0.1, 0.15) is 7.11 Å². The van der Waals surface area contributed by atoms with Gasteiger partial charge in [-0.25, -0.2) is 0 Å². The van der Waals surface area contributed by atoms with E-state index in [1.165, 1.54) is 7.11 Å². The zero-order valence-corrected chi connectivity index (χ0v) is 8.78. The van der Waals surface area contributed by atoms with Gasteiger partial charge in [-0.2, -0.15) is 4.39 Å². The molecule has 0 amide bonds. The van der Waals surface area contributed by atoms with Crippen LogP contribution in [0.5, 0.6) is 0 Å². The van der Waals surface area contributed by atoms with Crippen LogP contribution in [-0.2, 0) is 9.63 Å². The molecule has 1 atom stereocenters. The normalized spacial score (nSPS) is 35.3. The smallest absolute Gasteiger partial charge is 0.349 e. The topological polar surface area (TPSA) is 41.9 Å². The van der Waals surface area contributed by atoms with Gasteiger partial charge in [0.25, 0.3) is 0 Å². The third-order valence-corrected chi connectivity index (χ3v) is 3.40. The fourth-order valence-electron chi connectivity index (χ4n) is 2.62. The number of piperidine rings is 3. The van der Waals surface area contributed by atoms with Crippen LogP contribution < -0.4 is 0 Å². The van der Waals surface area contributed by atoms with Crippen LogP contribution in [0.3, 0.4) is 0 Å². The number of carbonyl (C=O) groups excluding carboxylic acids is 1. The molecule has 3 heterocycles. The van der Waals surface area contributed by atoms with Crippen LogP contribution >= 0.6 is 0 Å². The quantitative estimate of drug-likeness (QED) is 0.397. The highest BCUT2D eigenvalue weighted by Gasteiger charge is 2.39. The van der Waals surface area contributed by atoms with E-state index in [0.717, 1.165) is 32.5 Å². The molecule has 15 heavy (non-hydrogen) atoms. The highest BCUT2D eigenvalue weighted by atomic mass is 19.1. The number of hydrogen-bond acceptors (Lipinski definition) is 4. The molecule has 0 aromatic carbocycles. The lowest BCUT2D eigenvalue weighted by Gasteiger charge is -2.44. The molecule has 1 unspecified atom stereocenters. The molecular weight excluding hydrogens is 199 g/mol. The van der Waals surface area contributed by atoms with Gasteiger partial charge in [-0.05, 0) is 31.8 Å². The fraction of sp³-hybridized carbons (Fsp3) is 0.800. The second-order valence-corrected chi connectivity index (χ2v) is 4.18. The predicted molar refractivity (Wildman–Crippen MR) is 53.2 cm³/mol. The molecule has 0 radical (unpaired) electrons. The lowest BCUT2D eigenvalue weighted by atomic mass is 9.77. The minimum atomic E-state index is -1.45. The van der Waals surface area contributed by atoms with Crippen molar-refractivity contribution in [2.24, 2.45) is 17.0 Å². The maximum absolute atomic E-state index is 12.8. The average Bonchev–Trinajstić information content (AvgIpc) is 2.27. The van der Waals surface area contributed by atoms with E-state index in [1.54, 1.807) is 0 Å². The number of nitrogens with zero attached hydrogens (tertiary/aromatic N) is 2. The summed E-state index contributed by atoms with van der Waals surface area (Å²) in [6.07, 6.45) is 2.06. The first-order chi connectivity index (χ1) is 7.22. The van der Waals surface area contributed by atoms with E-state index in [1.807, 2.05) is 0 Å². The Labute approximate surface area is 88.1 Å². The molecule has 4 nitrogen and oxygen atoms in total. The zero-order chi connectivity index (χ0) is 10.8. The monoisotopic (exact) mass is 214 g/mol. The first-order valence-electron chi connectivity index (χ1n) is 5.25. The van der Waals surface area contributed by atoms with E-state index in [4.69, 9.17) is 0 Å². The van der Waals surface area contributed by atoms with Crippen molar-refractivity contribution in [1.82, 2.24) is 4.90 Å². The van der Waals surface area contributed by atoms with Gasteiger partial charge in [0.05, 0.1) is 0 Å². The van der Waals surface area contributed by atoms with Crippen LogP contribution in [0.1, 0.15) is 12.8 Å². The van der Waals surface area contributed by atoms with Crippen molar-refractivity contribution in [2.75, 3.05) is 26.7 Å². The summed E-state index contributed by atoms with van der Waals surface area (Å²) in [5.41, 5.74) is -0.0353. The average molecular weight is 214 g/mol. The summed E-state index contributed by atoms with van der Waals surface area (Å²) >= 11 is 0. The van der Waals surface area contributed by atoms with Crippen molar-refractivity contribution in [2.45, 2.75) is 12.8 Å². The Morgan fingerprint density at radius 1 is 1.47 bits per heavy atom. The number of fused-ring (bicyclic) bond motifs is 3. The SMILES string of the molecule is CO/N=C(/C(=O)F)C1CN2CCC1CC2. The number of oxime groups is 1. The molecule has 3 rings (SSSR count). The minimum Gasteiger partial charge on any atom is -0.399 e. The van der Waals surface area contributed by atoms with Gasteiger partial charge < -0.3 is 9.74 Å². The highest BCUT2D eigenvalue weighted by molar-refractivity contribution is 6.36. The van der Waals surface area contributed by atoms with Gasteiger partial charge in [0.2, 0.25) is 0 Å². The molecule has 3 aliphatic rings. The van der Waals surface area contributed by atoms with Crippen molar-refractivity contribution < 1.29 is 14.0 Å². The van der Waals surface area contributed by atoms with Crippen LogP contribution in [-0.4, -0.2) is 43.4 Å². The lowest BCUT2D eigenvalue weighted by Crippen LogP contribution is -2.51. The molecule has 0 spiro atoms. The Hall–Kier alpha value is -0.970. The highest BCUT2D eigenvalue weighted by Crippen LogP contribution is 2.33. The number of halogens is 1. The third kappa shape index (κ3) is 2.02. The Morgan fingerprint density at radius 2 is 2.13 bits per heavy atom. The summed E-state index contributed by atoms with van der Waals surface area (Å²) in [7, 11) is 1.34. The first-order valence-corrected chi connectivity index (χ1v) is 5.25. The summed E-state index contributed by atoms with van der Waals surface area (Å²) in [4.78, 5) is 17.6. The van der Waals surface area contributed by atoms with E-state index in [-0.39, 0.29) is 11.6 Å². The summed E-state index contributed by atoms with van der Waals surface area (Å²) in [5.74, 6) is 0.313. The molecule has 0 N–H and O–H groups in total. The summed E-state index contributed by atoms with van der Waals surface area (Å²) < 4.78 is 12.8. The van der Waals surface area contributed by atoms with Crippen LogP contribution in [0.25, 0.3) is 0 Å². The first kappa shape index (κ1) is 10.5. The molecule has 0 saturated carbocycles. The van der Waals surface area contributed by atoms with Crippen molar-refractivity contribution >= 4 is 11.7 Å². The van der Waals surface area contributed by atoms with Crippen LogP contribution in [0.15, 0.2) is 5.16 Å². The molecule has 3 saturated heterocycles. The second-order valence-electron chi connectivity index (χ2n) is 4.18. The standard InChI is InChI=1S/C10H15FN2O2/c1-15-12-9(10(11)14)8-6-13-4-2-7(8)3-5-13/h7-8H,2-6H2,1H3/b12-9+. The fourth-order valence-corrected chi connectivity index (χ4v) is 2.62. The van der Waals surface area contributed by atoms with Gasteiger partial charge in [-0.3, -0.25) is 4.79 Å². The maximum Gasteiger partial charge on any atom is 0.349 e. The summed E-state index contributed by atoms with van der Waals surface area (Å²) in [6.45, 7) is 2.85. The third-order valence-electron chi connectivity index (χ3n) is 3.40. The van der Waals surface area contributed by atoms with E-state index in [9.17, 15) is 9.18 Å². The Bertz CT molecular complexity index is 285. The number of hydrogen-bond donors (Lipinski definition) is 0. The van der Waals surface area contributed by atoms with Gasteiger partial charge in [0.15, 0.2) is 5.71 Å². The summed E-state index contributed by atoms with van der Waals surface area (Å²) in [5, 5.41) is 3.53. The van der Waals surface area contributed by atoms with Crippen LogP contribution in [0.2, 0.25) is 0 Å². The van der Waals surface area contributed by atoms with Gasteiger partial charge in [-0.1, -0.05) is 5.16 Å². The summed E-state index contributed by atoms with van der Waals surface area (Å²) in [6, 6.07) is -1.45. The maximum atomic E-state index is 12.8. The van der Waals surface area contributed by atoms with E-state index < -0.39 is 6.04 Å². The molecule has 5 heteroatoms. The molecule has 3 fully saturated rings. The van der Waals surface area contributed by atoms with Gasteiger partial charge in [-0.15, -0.1) is 0 Å². The molecule has 0 aliphatic carbocycles. The zero-order valence-electron chi connectivity index (χ0n) is 8.78. The minimum absolute atomic E-state index is 0.0353. The van der Waals surface area contributed by atoms with Crippen molar-refractivity contribution in [3.63, 3.8) is 0 Å². The van der Waals surface area contributed by atoms with Crippen molar-refractivity contribution in [3.05, 3.63) is 0 Å². The van der Waals surface area contributed by atoms with Crippen LogP contribution in [0.4, 0.5) is 4.39 Å². The predicted octanol–water partition coefficient (Wildman–Crippen LogP) is 0.827. The Balaban J connectivity index is 2.15. The van der Waals surface area contributed by atoms with E-state index >= 15 is 0 Å². The molecule has 0 aromatic rings. The lowest BCUT2D eigenvalue weighted by molar-refractivity contribution is -0.123. The Kier molecular flexibility index (Phi) is 3.00. The van der Waals surface area contributed by atoms with Gasteiger partial charge in [0, 0.05) is 12.5 Å². The number of carbonyl (C=O) groups is 1.